The molecule has 0 saturated heterocycles. The Morgan fingerprint density at radius 1 is 1.04 bits per heavy atom. The first-order valence-electron chi connectivity index (χ1n) is 8.11. The Morgan fingerprint density at radius 3 is 2.28 bits per heavy atom. The molecule has 0 aliphatic carbocycles. The van der Waals surface area contributed by atoms with Gasteiger partial charge in [0.25, 0.3) is 5.91 Å². The predicted octanol–water partition coefficient (Wildman–Crippen LogP) is 4.66. The maximum Gasteiger partial charge on any atom is 0.253 e. The summed E-state index contributed by atoms with van der Waals surface area (Å²) in [4.78, 5) is 27.1. The van der Waals surface area contributed by atoms with Crippen molar-refractivity contribution in [2.24, 2.45) is 0 Å². The average molecular weight is 421 g/mol. The van der Waals surface area contributed by atoms with Gasteiger partial charge in [-0.25, -0.2) is 0 Å². The monoisotopic (exact) mass is 420 g/mol. The normalized spacial score (nSPS) is 10.4. The van der Waals surface area contributed by atoms with Crippen LogP contribution in [0, 0.1) is 0 Å². The standard InChI is InChI=1S/C19H21BrN2O2S/c1-3-22(4-2)19(24)14-9-11-15(12-10-14)21-18(23)13-25-17-8-6-5-7-16(17)20/h5-12H,3-4,13H2,1-2H3,(H,21,23). The molecule has 25 heavy (non-hydrogen) atoms. The number of thioether (sulfide) groups is 1. The van der Waals surface area contributed by atoms with E-state index in [0.717, 1.165) is 9.37 Å². The molecule has 4 nitrogen and oxygen atoms in total. The molecule has 6 heteroatoms. The summed E-state index contributed by atoms with van der Waals surface area (Å²) < 4.78 is 0.979. The van der Waals surface area contributed by atoms with Crippen LogP contribution in [-0.4, -0.2) is 35.6 Å². The van der Waals surface area contributed by atoms with Gasteiger partial charge in [0.15, 0.2) is 0 Å². The molecule has 0 aliphatic heterocycles. The second kappa shape index (κ2) is 9.63. The van der Waals surface area contributed by atoms with E-state index in [4.69, 9.17) is 0 Å². The van der Waals surface area contributed by atoms with Gasteiger partial charge in [-0.05, 0) is 66.2 Å². The molecule has 0 saturated carbocycles. The summed E-state index contributed by atoms with van der Waals surface area (Å²) in [6, 6.07) is 14.8. The van der Waals surface area contributed by atoms with E-state index < -0.39 is 0 Å². The number of hydrogen-bond donors (Lipinski definition) is 1. The Labute approximate surface area is 161 Å². The number of benzene rings is 2. The van der Waals surface area contributed by atoms with E-state index in [9.17, 15) is 9.59 Å². The second-order valence-corrected chi connectivity index (χ2v) is 7.19. The molecule has 2 aromatic carbocycles. The van der Waals surface area contributed by atoms with Crippen LogP contribution in [0.2, 0.25) is 0 Å². The van der Waals surface area contributed by atoms with Crippen LogP contribution in [0.1, 0.15) is 24.2 Å². The lowest BCUT2D eigenvalue weighted by Gasteiger charge is -2.18. The van der Waals surface area contributed by atoms with Crippen LogP contribution in [0.5, 0.6) is 0 Å². The molecule has 0 bridgehead atoms. The highest BCUT2D eigenvalue weighted by molar-refractivity contribution is 9.10. The van der Waals surface area contributed by atoms with E-state index in [1.54, 1.807) is 29.2 Å². The zero-order valence-electron chi connectivity index (χ0n) is 14.3. The molecule has 0 fully saturated rings. The van der Waals surface area contributed by atoms with E-state index in [1.807, 2.05) is 38.1 Å². The number of nitrogens with one attached hydrogen (secondary N) is 1. The minimum Gasteiger partial charge on any atom is -0.339 e. The number of carbonyl (C=O) groups excluding carboxylic acids is 2. The second-order valence-electron chi connectivity index (χ2n) is 5.32. The predicted molar refractivity (Wildman–Crippen MR) is 107 cm³/mol. The maximum absolute atomic E-state index is 12.3. The number of hydrogen-bond acceptors (Lipinski definition) is 3. The van der Waals surface area contributed by atoms with E-state index in [2.05, 4.69) is 21.2 Å². The molecule has 0 aromatic heterocycles. The number of nitrogens with zero attached hydrogens (tertiary/aromatic N) is 1. The Morgan fingerprint density at radius 2 is 1.68 bits per heavy atom. The highest BCUT2D eigenvalue weighted by atomic mass is 79.9. The molecule has 0 aliphatic rings. The quantitative estimate of drug-likeness (QED) is 0.662. The Balaban J connectivity index is 1.91. The molecule has 2 aromatic rings. The first kappa shape index (κ1) is 19.5. The molecular formula is C19H21BrN2O2S. The first-order chi connectivity index (χ1) is 12.0. The zero-order chi connectivity index (χ0) is 18.2. The van der Waals surface area contributed by atoms with Crippen LogP contribution in [0.4, 0.5) is 5.69 Å². The number of halogens is 1. The first-order valence-corrected chi connectivity index (χ1v) is 9.89. The van der Waals surface area contributed by atoms with Gasteiger partial charge < -0.3 is 10.2 Å². The highest BCUT2D eigenvalue weighted by Gasteiger charge is 2.12. The summed E-state index contributed by atoms with van der Waals surface area (Å²) in [7, 11) is 0. The van der Waals surface area contributed by atoms with Crippen molar-refractivity contribution in [1.29, 1.82) is 0 Å². The number of rotatable bonds is 7. The average Bonchev–Trinajstić information content (AvgIpc) is 2.62. The van der Waals surface area contributed by atoms with Crippen LogP contribution in [-0.2, 0) is 4.79 Å². The molecule has 0 heterocycles. The Bertz CT molecular complexity index is 730. The summed E-state index contributed by atoms with van der Waals surface area (Å²) in [5.41, 5.74) is 1.32. The molecule has 1 N–H and O–H groups in total. The minimum atomic E-state index is -0.0800. The van der Waals surface area contributed by atoms with Crippen molar-refractivity contribution in [3.05, 3.63) is 58.6 Å². The third-order valence-electron chi connectivity index (χ3n) is 3.66. The summed E-state index contributed by atoms with van der Waals surface area (Å²) in [5.74, 6) is 0.249. The molecule has 0 spiro atoms. The lowest BCUT2D eigenvalue weighted by atomic mass is 10.2. The van der Waals surface area contributed by atoms with Gasteiger partial charge in [-0.15, -0.1) is 11.8 Å². The Hall–Kier alpha value is -1.79. The van der Waals surface area contributed by atoms with Crippen LogP contribution < -0.4 is 5.32 Å². The van der Waals surface area contributed by atoms with E-state index in [0.29, 0.717) is 30.1 Å². The van der Waals surface area contributed by atoms with Crippen LogP contribution >= 0.6 is 27.7 Å². The summed E-state index contributed by atoms with van der Waals surface area (Å²) in [6.07, 6.45) is 0. The van der Waals surface area contributed by atoms with E-state index in [1.165, 1.54) is 11.8 Å². The van der Waals surface area contributed by atoms with E-state index >= 15 is 0 Å². The summed E-state index contributed by atoms with van der Waals surface area (Å²) in [6.45, 7) is 5.28. The van der Waals surface area contributed by atoms with Crippen molar-refractivity contribution in [3.63, 3.8) is 0 Å². The Kier molecular flexibility index (Phi) is 7.52. The number of amides is 2. The smallest absolute Gasteiger partial charge is 0.253 e. The maximum atomic E-state index is 12.3. The van der Waals surface area contributed by atoms with Gasteiger partial charge in [-0.1, -0.05) is 12.1 Å². The fourth-order valence-electron chi connectivity index (χ4n) is 2.29. The highest BCUT2D eigenvalue weighted by Crippen LogP contribution is 2.27. The molecule has 2 rings (SSSR count). The van der Waals surface area contributed by atoms with Crippen LogP contribution in [0.25, 0.3) is 0 Å². The van der Waals surface area contributed by atoms with Crippen molar-refractivity contribution in [2.45, 2.75) is 18.7 Å². The van der Waals surface area contributed by atoms with Crippen molar-refractivity contribution in [2.75, 3.05) is 24.2 Å². The number of carbonyl (C=O) groups is 2. The van der Waals surface area contributed by atoms with Crippen LogP contribution in [0.3, 0.4) is 0 Å². The molecule has 132 valence electrons. The van der Waals surface area contributed by atoms with Gasteiger partial charge in [-0.3, -0.25) is 9.59 Å². The molecule has 2 amide bonds. The SMILES string of the molecule is CCN(CC)C(=O)c1ccc(NC(=O)CSc2ccccc2Br)cc1. The minimum absolute atomic E-state index is 0.00681. The topological polar surface area (TPSA) is 49.4 Å². The van der Waals surface area contributed by atoms with Gasteiger partial charge in [0.05, 0.1) is 5.75 Å². The summed E-state index contributed by atoms with van der Waals surface area (Å²) >= 11 is 4.94. The molecule has 0 unspecified atom stereocenters. The number of anilines is 1. The van der Waals surface area contributed by atoms with Crippen molar-refractivity contribution in [1.82, 2.24) is 4.90 Å². The van der Waals surface area contributed by atoms with Gasteiger partial charge in [-0.2, -0.15) is 0 Å². The van der Waals surface area contributed by atoms with Gasteiger partial charge >= 0.3 is 0 Å². The van der Waals surface area contributed by atoms with E-state index in [-0.39, 0.29) is 11.8 Å². The summed E-state index contributed by atoms with van der Waals surface area (Å²) in [5, 5.41) is 2.85. The van der Waals surface area contributed by atoms with Crippen molar-refractivity contribution >= 4 is 45.2 Å². The molecular weight excluding hydrogens is 400 g/mol. The fourth-order valence-corrected chi connectivity index (χ4v) is 3.66. The largest absolute Gasteiger partial charge is 0.339 e. The van der Waals surface area contributed by atoms with Gasteiger partial charge in [0.2, 0.25) is 5.91 Å². The third kappa shape index (κ3) is 5.61. The van der Waals surface area contributed by atoms with Gasteiger partial charge in [0, 0.05) is 33.7 Å². The fraction of sp³-hybridized carbons (Fsp3) is 0.263. The lowest BCUT2D eigenvalue weighted by molar-refractivity contribution is -0.113. The molecule has 0 atom stereocenters. The zero-order valence-corrected chi connectivity index (χ0v) is 16.7. The van der Waals surface area contributed by atoms with Crippen LogP contribution in [0.15, 0.2) is 57.9 Å². The lowest BCUT2D eigenvalue weighted by Crippen LogP contribution is -2.30. The van der Waals surface area contributed by atoms with Gasteiger partial charge in [0.1, 0.15) is 0 Å². The molecule has 0 radical (unpaired) electrons. The van der Waals surface area contributed by atoms with Crippen molar-refractivity contribution in [3.8, 4) is 0 Å². The van der Waals surface area contributed by atoms with Crippen molar-refractivity contribution < 1.29 is 9.59 Å². The third-order valence-corrected chi connectivity index (χ3v) is 5.69.